The van der Waals surface area contributed by atoms with Crippen molar-refractivity contribution in [1.29, 1.82) is 0 Å². The summed E-state index contributed by atoms with van der Waals surface area (Å²) >= 11 is 0. The first-order valence-corrected chi connectivity index (χ1v) is 5.11. The zero-order valence-corrected chi connectivity index (χ0v) is 9.78. The number of hydrogen-bond donors (Lipinski definition) is 0. The average Bonchev–Trinajstić information content (AvgIpc) is 2.33. The van der Waals surface area contributed by atoms with Crippen LogP contribution in [0.4, 0.5) is 22.0 Å². The van der Waals surface area contributed by atoms with Crippen molar-refractivity contribution in [3.63, 3.8) is 0 Å². The van der Waals surface area contributed by atoms with Gasteiger partial charge in [-0.2, -0.15) is 17.6 Å². The summed E-state index contributed by atoms with van der Waals surface area (Å²) in [5.41, 5.74) is -6.35. The highest BCUT2D eigenvalue weighted by molar-refractivity contribution is 6.52. The van der Waals surface area contributed by atoms with Crippen LogP contribution in [0.5, 0.6) is 0 Å². The maximum Gasteiger partial charge on any atom is 0.512 e. The second kappa shape index (κ2) is 2.79. The van der Waals surface area contributed by atoms with Crippen LogP contribution in [-0.2, 0) is 9.31 Å². The van der Waals surface area contributed by atoms with Gasteiger partial charge >= 0.3 is 19.0 Å². The molecule has 0 N–H and O–H groups in total. The third-order valence-corrected chi connectivity index (χ3v) is 3.82. The van der Waals surface area contributed by atoms with Crippen LogP contribution in [0.25, 0.3) is 0 Å². The van der Waals surface area contributed by atoms with Crippen LogP contribution in [0.2, 0.25) is 0 Å². The Bertz CT molecular complexity index is 338. The molecule has 0 radical (unpaired) electrons. The van der Waals surface area contributed by atoms with Crippen molar-refractivity contribution >= 4 is 7.12 Å². The Labute approximate surface area is 95.6 Å². The lowest BCUT2D eigenvalue weighted by Gasteiger charge is -2.32. The van der Waals surface area contributed by atoms with Gasteiger partial charge in [0.1, 0.15) is 0 Å². The molecule has 0 spiro atoms. The summed E-state index contributed by atoms with van der Waals surface area (Å²) in [6.07, 6.45) is 0. The Morgan fingerprint density at radius 1 is 0.706 bits per heavy atom. The highest BCUT2D eigenvalue weighted by Gasteiger charge is 3.04. The van der Waals surface area contributed by atoms with E-state index in [2.05, 4.69) is 0 Å². The van der Waals surface area contributed by atoms with Gasteiger partial charge in [-0.1, -0.05) is 0 Å². The summed E-state index contributed by atoms with van der Waals surface area (Å²) in [4.78, 5) is 0. The zero-order valence-electron chi connectivity index (χ0n) is 9.78. The highest BCUT2D eigenvalue weighted by Crippen LogP contribution is 2.70. The summed E-state index contributed by atoms with van der Waals surface area (Å²) in [5.74, 6) is -9.50. The molecular formula is C9H12BF5O2. The molecule has 0 amide bonds. The van der Waals surface area contributed by atoms with Gasteiger partial charge < -0.3 is 9.31 Å². The Hall–Kier alpha value is -0.365. The summed E-state index contributed by atoms with van der Waals surface area (Å²) in [7, 11) is -2.27. The number of rotatable bonds is 1. The van der Waals surface area contributed by atoms with Crippen molar-refractivity contribution in [3.8, 4) is 0 Å². The maximum atomic E-state index is 13.7. The van der Waals surface area contributed by atoms with Crippen LogP contribution in [0.15, 0.2) is 0 Å². The van der Waals surface area contributed by atoms with E-state index in [1.807, 2.05) is 0 Å². The molecule has 0 atom stereocenters. The fourth-order valence-corrected chi connectivity index (χ4v) is 1.71. The van der Waals surface area contributed by atoms with E-state index < -0.39 is 35.7 Å². The summed E-state index contributed by atoms with van der Waals surface area (Å²) in [6, 6.07) is 0. The molecule has 1 heterocycles. The third-order valence-electron chi connectivity index (χ3n) is 3.82. The van der Waals surface area contributed by atoms with Crippen LogP contribution in [-0.4, -0.2) is 35.7 Å². The van der Waals surface area contributed by atoms with E-state index in [4.69, 9.17) is 9.31 Å². The van der Waals surface area contributed by atoms with E-state index in [0.29, 0.717) is 0 Å². The Kier molecular flexibility index (Phi) is 2.15. The fraction of sp³-hybridized carbons (Fsp3) is 1.00. The van der Waals surface area contributed by atoms with E-state index >= 15 is 0 Å². The van der Waals surface area contributed by atoms with Gasteiger partial charge in [-0.05, 0) is 27.7 Å². The van der Waals surface area contributed by atoms with Gasteiger partial charge in [-0.15, -0.1) is 0 Å². The van der Waals surface area contributed by atoms with E-state index in [-0.39, 0.29) is 0 Å². The molecule has 2 aliphatic rings. The molecule has 98 valence electrons. The first-order chi connectivity index (χ1) is 7.31. The molecule has 2 rings (SSSR count). The molecule has 0 aromatic rings. The number of hydrogen-bond acceptors (Lipinski definition) is 2. The summed E-state index contributed by atoms with van der Waals surface area (Å²) < 4.78 is 74.8. The Balaban J connectivity index is 2.30. The molecule has 0 bridgehead atoms. The molecule has 1 aliphatic heterocycles. The quantitative estimate of drug-likeness (QED) is 0.531. The molecular weight excluding hydrogens is 246 g/mol. The lowest BCUT2D eigenvalue weighted by atomic mass is 9.78. The number of halogens is 5. The predicted octanol–water partition coefficient (Wildman–Crippen LogP) is 2.61. The molecule has 0 unspecified atom stereocenters. The van der Waals surface area contributed by atoms with Crippen molar-refractivity contribution in [2.45, 2.75) is 56.3 Å². The molecule has 2 fully saturated rings. The van der Waals surface area contributed by atoms with Crippen LogP contribution >= 0.6 is 0 Å². The average molecular weight is 258 g/mol. The summed E-state index contributed by atoms with van der Waals surface area (Å²) in [6.45, 7) is 5.87. The van der Waals surface area contributed by atoms with Gasteiger partial charge in [0.15, 0.2) is 0 Å². The van der Waals surface area contributed by atoms with Crippen LogP contribution in [0, 0.1) is 0 Å². The first-order valence-electron chi connectivity index (χ1n) is 5.11. The third kappa shape index (κ3) is 1.18. The van der Waals surface area contributed by atoms with Gasteiger partial charge in [0.05, 0.1) is 11.2 Å². The second-order valence-corrected chi connectivity index (χ2v) is 5.45. The van der Waals surface area contributed by atoms with Gasteiger partial charge in [-0.25, -0.2) is 4.39 Å². The molecule has 8 heteroatoms. The van der Waals surface area contributed by atoms with Gasteiger partial charge in [0.25, 0.3) is 5.57 Å². The topological polar surface area (TPSA) is 18.5 Å². The monoisotopic (exact) mass is 258 g/mol. The SMILES string of the molecule is CC1(C)OB(C2(F)C(F)(F)C2(F)F)OC1(C)C. The molecule has 1 saturated heterocycles. The largest absolute Gasteiger partial charge is 0.512 e. The smallest absolute Gasteiger partial charge is 0.401 e. The molecule has 0 aromatic heterocycles. The van der Waals surface area contributed by atoms with E-state index in [1.165, 1.54) is 27.7 Å². The molecule has 1 aliphatic carbocycles. The van der Waals surface area contributed by atoms with E-state index in [0.717, 1.165) is 0 Å². The van der Waals surface area contributed by atoms with Crippen LogP contribution in [0.1, 0.15) is 27.7 Å². The zero-order chi connectivity index (χ0) is 13.5. The minimum absolute atomic E-state index is 1.13. The van der Waals surface area contributed by atoms with Gasteiger partial charge in [0.2, 0.25) is 0 Å². The second-order valence-electron chi connectivity index (χ2n) is 5.45. The fourth-order valence-electron chi connectivity index (χ4n) is 1.71. The lowest BCUT2D eigenvalue weighted by molar-refractivity contribution is -0.0278. The van der Waals surface area contributed by atoms with Gasteiger partial charge in [-0.3, -0.25) is 0 Å². The molecule has 17 heavy (non-hydrogen) atoms. The molecule has 2 nitrogen and oxygen atoms in total. The van der Waals surface area contributed by atoms with E-state index in [9.17, 15) is 22.0 Å². The van der Waals surface area contributed by atoms with Crippen molar-refractivity contribution in [3.05, 3.63) is 0 Å². The van der Waals surface area contributed by atoms with Gasteiger partial charge in [0, 0.05) is 0 Å². The summed E-state index contributed by atoms with van der Waals surface area (Å²) in [5, 5.41) is 0. The number of alkyl halides is 5. The van der Waals surface area contributed by atoms with E-state index in [1.54, 1.807) is 0 Å². The molecule has 0 aromatic carbocycles. The van der Waals surface area contributed by atoms with Crippen molar-refractivity contribution in [2.24, 2.45) is 0 Å². The molecule has 1 saturated carbocycles. The predicted molar refractivity (Wildman–Crippen MR) is 49.8 cm³/mol. The van der Waals surface area contributed by atoms with Crippen molar-refractivity contribution in [2.75, 3.05) is 0 Å². The van der Waals surface area contributed by atoms with Crippen LogP contribution < -0.4 is 0 Å². The van der Waals surface area contributed by atoms with Crippen molar-refractivity contribution < 1.29 is 31.3 Å². The minimum atomic E-state index is -4.75. The lowest BCUT2D eigenvalue weighted by Crippen LogP contribution is -2.41. The first kappa shape index (κ1) is 13.1. The van der Waals surface area contributed by atoms with Crippen molar-refractivity contribution in [1.82, 2.24) is 0 Å². The highest BCUT2D eigenvalue weighted by atomic mass is 19.3. The van der Waals surface area contributed by atoms with Crippen LogP contribution in [0.3, 0.4) is 0 Å². The maximum absolute atomic E-state index is 13.7. The normalized spacial score (nSPS) is 34.8. The standard InChI is InChI=1S/C9H12BF5O2/c1-5(2)6(3,4)17-10(16-5)7(11)8(12,13)9(7,14)15/h1-4H3. The Morgan fingerprint density at radius 3 is 1.24 bits per heavy atom. The minimum Gasteiger partial charge on any atom is -0.401 e. The Morgan fingerprint density at radius 2 is 1.00 bits per heavy atom.